The number of benzene rings is 1. The van der Waals surface area contributed by atoms with Crippen molar-refractivity contribution < 1.29 is 9.18 Å². The lowest BCUT2D eigenvalue weighted by atomic mass is 9.81. The van der Waals surface area contributed by atoms with E-state index in [1.165, 1.54) is 12.1 Å². The lowest BCUT2D eigenvalue weighted by molar-refractivity contribution is -0.127. The van der Waals surface area contributed by atoms with Crippen LogP contribution in [0.3, 0.4) is 0 Å². The van der Waals surface area contributed by atoms with Gasteiger partial charge in [0.05, 0.1) is 5.41 Å². The van der Waals surface area contributed by atoms with E-state index < -0.39 is 0 Å². The number of hydrogen-bond donors (Lipinski definition) is 1. The predicted octanol–water partition coefficient (Wildman–Crippen LogP) is 2.96. The van der Waals surface area contributed by atoms with Gasteiger partial charge in [0.25, 0.3) is 0 Å². The summed E-state index contributed by atoms with van der Waals surface area (Å²) in [6.45, 7) is 6.21. The minimum absolute atomic E-state index is 0.123. The first-order chi connectivity index (χ1) is 9.63. The molecule has 0 radical (unpaired) electrons. The Balaban J connectivity index is 2.28. The van der Waals surface area contributed by atoms with Gasteiger partial charge in [-0.3, -0.25) is 4.79 Å². The summed E-state index contributed by atoms with van der Waals surface area (Å²) >= 11 is 0. The quantitative estimate of drug-likeness (QED) is 0.898. The van der Waals surface area contributed by atoms with Crippen molar-refractivity contribution in [2.75, 3.05) is 24.5 Å². The third-order valence-electron chi connectivity index (χ3n) is 4.11. The zero-order chi connectivity index (χ0) is 14.6. The molecule has 1 N–H and O–H groups in total. The molecule has 1 aliphatic heterocycles. The van der Waals surface area contributed by atoms with Crippen molar-refractivity contribution in [3.8, 4) is 0 Å². The molecule has 1 unspecified atom stereocenters. The van der Waals surface area contributed by atoms with Gasteiger partial charge in [0, 0.05) is 18.8 Å². The SMILES string of the molecule is CCCC1(C(=O)N(CC)c2cccc(F)c2)CCNC1. The molecule has 0 saturated carbocycles. The van der Waals surface area contributed by atoms with Crippen LogP contribution in [0.1, 0.15) is 33.1 Å². The largest absolute Gasteiger partial charge is 0.316 e. The number of amides is 1. The Hall–Kier alpha value is -1.42. The molecule has 4 heteroatoms. The molecule has 1 heterocycles. The molecular formula is C16H23FN2O. The number of anilines is 1. The standard InChI is InChI=1S/C16H23FN2O/c1-3-8-16(9-10-18-12-16)15(20)19(4-2)14-7-5-6-13(17)11-14/h5-7,11,18H,3-4,8-10,12H2,1-2H3. The van der Waals surface area contributed by atoms with E-state index in [4.69, 9.17) is 0 Å². The molecule has 3 nitrogen and oxygen atoms in total. The summed E-state index contributed by atoms with van der Waals surface area (Å²) in [5.41, 5.74) is 0.330. The Labute approximate surface area is 120 Å². The molecule has 110 valence electrons. The molecule has 0 aliphatic carbocycles. The fourth-order valence-corrected chi connectivity index (χ4v) is 3.10. The van der Waals surface area contributed by atoms with Gasteiger partial charge in [-0.05, 0) is 44.5 Å². The maximum absolute atomic E-state index is 13.4. The highest BCUT2D eigenvalue weighted by Crippen LogP contribution is 2.35. The van der Waals surface area contributed by atoms with Crippen LogP contribution in [0.15, 0.2) is 24.3 Å². The van der Waals surface area contributed by atoms with E-state index in [0.717, 1.165) is 32.4 Å². The van der Waals surface area contributed by atoms with Crippen LogP contribution in [0.25, 0.3) is 0 Å². The molecule has 1 aliphatic rings. The third kappa shape index (κ3) is 2.85. The van der Waals surface area contributed by atoms with Crippen molar-refractivity contribution in [1.29, 1.82) is 0 Å². The summed E-state index contributed by atoms with van der Waals surface area (Å²) in [6.07, 6.45) is 2.73. The molecule has 20 heavy (non-hydrogen) atoms. The van der Waals surface area contributed by atoms with E-state index in [1.54, 1.807) is 17.0 Å². The zero-order valence-electron chi connectivity index (χ0n) is 12.3. The lowest BCUT2D eigenvalue weighted by Gasteiger charge is -2.33. The van der Waals surface area contributed by atoms with Gasteiger partial charge in [-0.1, -0.05) is 19.4 Å². The predicted molar refractivity (Wildman–Crippen MR) is 79.3 cm³/mol. The minimum atomic E-state index is -0.322. The van der Waals surface area contributed by atoms with Crippen LogP contribution in [0.5, 0.6) is 0 Å². The highest BCUT2D eigenvalue weighted by molar-refractivity contribution is 5.98. The highest BCUT2D eigenvalue weighted by Gasteiger charge is 2.42. The average Bonchev–Trinajstić information content (AvgIpc) is 2.90. The smallest absolute Gasteiger partial charge is 0.234 e. The van der Waals surface area contributed by atoms with Crippen LogP contribution < -0.4 is 10.2 Å². The first-order valence-corrected chi connectivity index (χ1v) is 7.41. The Morgan fingerprint density at radius 2 is 2.25 bits per heavy atom. The molecule has 0 spiro atoms. The summed E-state index contributed by atoms with van der Waals surface area (Å²) in [5.74, 6) is -0.180. The van der Waals surface area contributed by atoms with Crippen molar-refractivity contribution >= 4 is 11.6 Å². The molecule has 1 fully saturated rings. The van der Waals surface area contributed by atoms with Gasteiger partial charge < -0.3 is 10.2 Å². The molecular weight excluding hydrogens is 255 g/mol. The first kappa shape index (κ1) is 15.0. The van der Waals surface area contributed by atoms with Crippen LogP contribution in [0, 0.1) is 11.2 Å². The topological polar surface area (TPSA) is 32.3 Å². The number of nitrogens with one attached hydrogen (secondary N) is 1. The summed E-state index contributed by atoms with van der Waals surface area (Å²) in [7, 11) is 0. The van der Waals surface area contributed by atoms with E-state index in [-0.39, 0.29) is 17.1 Å². The molecule has 2 rings (SSSR count). The fourth-order valence-electron chi connectivity index (χ4n) is 3.10. The van der Waals surface area contributed by atoms with Crippen molar-refractivity contribution in [2.24, 2.45) is 5.41 Å². The van der Waals surface area contributed by atoms with Crippen LogP contribution in [0.2, 0.25) is 0 Å². The minimum Gasteiger partial charge on any atom is -0.316 e. The van der Waals surface area contributed by atoms with Gasteiger partial charge >= 0.3 is 0 Å². The van der Waals surface area contributed by atoms with Crippen molar-refractivity contribution in [1.82, 2.24) is 5.32 Å². The van der Waals surface area contributed by atoms with Crippen molar-refractivity contribution in [3.05, 3.63) is 30.1 Å². The van der Waals surface area contributed by atoms with E-state index in [2.05, 4.69) is 12.2 Å². The van der Waals surface area contributed by atoms with Crippen LogP contribution in [0.4, 0.5) is 10.1 Å². The lowest BCUT2D eigenvalue weighted by Crippen LogP contribution is -2.45. The first-order valence-electron chi connectivity index (χ1n) is 7.41. The summed E-state index contributed by atoms with van der Waals surface area (Å²) in [5, 5.41) is 3.30. The molecule has 1 saturated heterocycles. The molecule has 0 bridgehead atoms. The zero-order valence-corrected chi connectivity index (χ0v) is 12.3. The normalized spacial score (nSPS) is 21.9. The maximum atomic E-state index is 13.4. The van der Waals surface area contributed by atoms with Crippen LogP contribution in [-0.2, 0) is 4.79 Å². The second-order valence-corrected chi connectivity index (χ2v) is 5.49. The van der Waals surface area contributed by atoms with Gasteiger partial charge in [-0.2, -0.15) is 0 Å². The van der Waals surface area contributed by atoms with E-state index in [9.17, 15) is 9.18 Å². The second-order valence-electron chi connectivity index (χ2n) is 5.49. The fraction of sp³-hybridized carbons (Fsp3) is 0.562. The second kappa shape index (κ2) is 6.35. The molecule has 1 aromatic carbocycles. The number of carbonyl (C=O) groups is 1. The summed E-state index contributed by atoms with van der Waals surface area (Å²) in [4.78, 5) is 14.7. The van der Waals surface area contributed by atoms with Gasteiger partial charge in [0.1, 0.15) is 5.82 Å². The maximum Gasteiger partial charge on any atom is 0.234 e. The number of rotatable bonds is 5. The van der Waals surface area contributed by atoms with Crippen molar-refractivity contribution in [3.63, 3.8) is 0 Å². The van der Waals surface area contributed by atoms with Gasteiger partial charge in [0.15, 0.2) is 0 Å². The van der Waals surface area contributed by atoms with Crippen LogP contribution >= 0.6 is 0 Å². The van der Waals surface area contributed by atoms with Gasteiger partial charge in [-0.15, -0.1) is 0 Å². The number of nitrogens with zero attached hydrogens (tertiary/aromatic N) is 1. The molecule has 1 atom stereocenters. The molecule has 0 aromatic heterocycles. The van der Waals surface area contributed by atoms with E-state index in [0.29, 0.717) is 12.2 Å². The van der Waals surface area contributed by atoms with Gasteiger partial charge in [-0.25, -0.2) is 4.39 Å². The van der Waals surface area contributed by atoms with Gasteiger partial charge in [0.2, 0.25) is 5.91 Å². The average molecular weight is 278 g/mol. The van der Waals surface area contributed by atoms with Crippen molar-refractivity contribution in [2.45, 2.75) is 33.1 Å². The number of halogens is 1. The van der Waals surface area contributed by atoms with E-state index in [1.807, 2.05) is 6.92 Å². The van der Waals surface area contributed by atoms with Crippen LogP contribution in [-0.4, -0.2) is 25.5 Å². The Kier molecular flexibility index (Phi) is 4.76. The number of carbonyl (C=O) groups excluding carboxylic acids is 1. The van der Waals surface area contributed by atoms with E-state index >= 15 is 0 Å². The number of hydrogen-bond acceptors (Lipinski definition) is 2. The Morgan fingerprint density at radius 1 is 1.45 bits per heavy atom. The molecule has 1 amide bonds. The Morgan fingerprint density at radius 3 is 2.80 bits per heavy atom. The summed E-state index contributed by atoms with van der Waals surface area (Å²) < 4.78 is 13.4. The monoisotopic (exact) mass is 278 g/mol. The Bertz CT molecular complexity index is 469. The summed E-state index contributed by atoms with van der Waals surface area (Å²) in [6, 6.07) is 6.29. The third-order valence-corrected chi connectivity index (χ3v) is 4.11. The highest BCUT2D eigenvalue weighted by atomic mass is 19.1. The molecule has 1 aromatic rings.